The van der Waals surface area contributed by atoms with E-state index < -0.39 is 0 Å². The number of rotatable bonds is 7. The first-order valence-corrected chi connectivity index (χ1v) is 9.41. The molecule has 1 saturated heterocycles. The predicted molar refractivity (Wildman–Crippen MR) is 106 cm³/mol. The number of nitrogens with zero attached hydrogens (tertiary/aromatic N) is 1. The van der Waals surface area contributed by atoms with E-state index in [9.17, 15) is 9.59 Å². The van der Waals surface area contributed by atoms with Gasteiger partial charge in [0, 0.05) is 25.2 Å². The first kappa shape index (κ1) is 19.0. The molecule has 1 N–H and O–H groups in total. The van der Waals surface area contributed by atoms with Crippen molar-refractivity contribution in [2.75, 3.05) is 25.1 Å². The number of anilines is 1. The van der Waals surface area contributed by atoms with Gasteiger partial charge in [-0.3, -0.25) is 9.59 Å². The van der Waals surface area contributed by atoms with Crippen molar-refractivity contribution in [1.82, 2.24) is 5.32 Å². The molecule has 142 valence electrons. The molecule has 0 aromatic heterocycles. The van der Waals surface area contributed by atoms with Crippen molar-refractivity contribution < 1.29 is 14.3 Å². The molecule has 5 heteroatoms. The van der Waals surface area contributed by atoms with E-state index in [1.807, 2.05) is 48.5 Å². The van der Waals surface area contributed by atoms with Crippen LogP contribution in [0.5, 0.6) is 5.75 Å². The van der Waals surface area contributed by atoms with Crippen LogP contribution in [0.15, 0.2) is 48.5 Å². The summed E-state index contributed by atoms with van der Waals surface area (Å²) in [5, 5.41) is 2.96. The van der Waals surface area contributed by atoms with Gasteiger partial charge in [-0.25, -0.2) is 0 Å². The van der Waals surface area contributed by atoms with Crippen molar-refractivity contribution >= 4 is 17.5 Å². The number of hydrogen-bond acceptors (Lipinski definition) is 3. The number of benzene rings is 2. The number of carbonyl (C=O) groups excluding carboxylic acids is 2. The Kier molecular flexibility index (Phi) is 6.12. The second-order valence-electron chi connectivity index (χ2n) is 6.78. The van der Waals surface area contributed by atoms with E-state index in [-0.39, 0.29) is 24.2 Å². The number of nitrogens with one attached hydrogen (secondary N) is 1. The lowest BCUT2D eigenvalue weighted by Crippen LogP contribution is -2.34. The average Bonchev–Trinajstić information content (AvgIpc) is 3.10. The van der Waals surface area contributed by atoms with E-state index in [1.165, 1.54) is 5.56 Å². The van der Waals surface area contributed by atoms with Crippen molar-refractivity contribution in [3.63, 3.8) is 0 Å². The Morgan fingerprint density at radius 1 is 1.19 bits per heavy atom. The molecule has 5 nitrogen and oxygen atoms in total. The monoisotopic (exact) mass is 366 g/mol. The third kappa shape index (κ3) is 4.48. The molecule has 0 radical (unpaired) electrons. The van der Waals surface area contributed by atoms with Gasteiger partial charge in [0.15, 0.2) is 0 Å². The Hall–Kier alpha value is -2.82. The van der Waals surface area contributed by atoms with E-state index in [1.54, 1.807) is 12.0 Å². The van der Waals surface area contributed by atoms with Gasteiger partial charge in [0.25, 0.3) is 0 Å². The van der Waals surface area contributed by atoms with Gasteiger partial charge >= 0.3 is 0 Å². The molecule has 1 heterocycles. The molecule has 2 aromatic rings. The fourth-order valence-corrected chi connectivity index (χ4v) is 3.42. The van der Waals surface area contributed by atoms with Gasteiger partial charge in [0.1, 0.15) is 5.75 Å². The fraction of sp³-hybridized carbons (Fsp3) is 0.364. The van der Waals surface area contributed by atoms with E-state index in [2.05, 4.69) is 12.2 Å². The number of aryl methyl sites for hydroxylation is 1. The number of para-hydroxylation sites is 1. The van der Waals surface area contributed by atoms with Crippen molar-refractivity contribution in [3.8, 4) is 5.75 Å². The second-order valence-corrected chi connectivity index (χ2v) is 6.78. The molecule has 3 rings (SSSR count). The van der Waals surface area contributed by atoms with E-state index in [0.717, 1.165) is 23.4 Å². The van der Waals surface area contributed by atoms with E-state index in [0.29, 0.717) is 19.5 Å². The molecular formula is C22H26N2O3. The van der Waals surface area contributed by atoms with Crippen molar-refractivity contribution in [3.05, 3.63) is 59.7 Å². The molecule has 27 heavy (non-hydrogen) atoms. The van der Waals surface area contributed by atoms with Crippen LogP contribution < -0.4 is 15.0 Å². The van der Waals surface area contributed by atoms with E-state index in [4.69, 9.17) is 4.74 Å². The molecule has 1 aliphatic rings. The molecule has 0 bridgehead atoms. The lowest BCUT2D eigenvalue weighted by molar-refractivity contribution is -0.126. The molecule has 1 fully saturated rings. The molecule has 2 amide bonds. The Balaban J connectivity index is 1.54. The van der Waals surface area contributed by atoms with Crippen molar-refractivity contribution in [1.29, 1.82) is 0 Å². The summed E-state index contributed by atoms with van der Waals surface area (Å²) in [6.45, 7) is 3.06. The predicted octanol–water partition coefficient (Wildman–Crippen LogP) is 2.97. The van der Waals surface area contributed by atoms with Gasteiger partial charge in [-0.1, -0.05) is 37.3 Å². The fourth-order valence-electron chi connectivity index (χ4n) is 3.42. The third-order valence-corrected chi connectivity index (χ3v) is 5.04. The van der Waals surface area contributed by atoms with Gasteiger partial charge < -0.3 is 15.0 Å². The summed E-state index contributed by atoms with van der Waals surface area (Å²) in [5.74, 6) is 0.459. The van der Waals surface area contributed by atoms with Crippen LogP contribution in [-0.4, -0.2) is 32.0 Å². The number of methoxy groups -OCH3 is 1. The van der Waals surface area contributed by atoms with Crippen LogP contribution in [0.2, 0.25) is 0 Å². The molecule has 1 unspecified atom stereocenters. The maximum Gasteiger partial charge on any atom is 0.227 e. The van der Waals surface area contributed by atoms with Crippen LogP contribution in [0, 0.1) is 5.92 Å². The highest BCUT2D eigenvalue weighted by atomic mass is 16.5. The number of amides is 2. The Labute approximate surface area is 160 Å². The van der Waals surface area contributed by atoms with Crippen LogP contribution in [-0.2, 0) is 22.4 Å². The summed E-state index contributed by atoms with van der Waals surface area (Å²) >= 11 is 0. The summed E-state index contributed by atoms with van der Waals surface area (Å²) in [7, 11) is 1.64. The zero-order valence-corrected chi connectivity index (χ0v) is 15.9. The molecular weight excluding hydrogens is 340 g/mol. The SMILES string of the molecule is CCc1ccc(N2CC(C(=O)NCCc3ccccc3OC)CC2=O)cc1. The Bertz CT molecular complexity index is 801. The largest absolute Gasteiger partial charge is 0.496 e. The maximum absolute atomic E-state index is 12.5. The van der Waals surface area contributed by atoms with Gasteiger partial charge in [0.05, 0.1) is 13.0 Å². The van der Waals surface area contributed by atoms with Crippen LogP contribution in [0.3, 0.4) is 0 Å². The average molecular weight is 366 g/mol. The highest BCUT2D eigenvalue weighted by molar-refractivity contribution is 6.00. The van der Waals surface area contributed by atoms with Crippen molar-refractivity contribution in [2.24, 2.45) is 5.92 Å². The molecule has 0 spiro atoms. The molecule has 2 aromatic carbocycles. The number of carbonyl (C=O) groups is 2. The summed E-state index contributed by atoms with van der Waals surface area (Å²) < 4.78 is 5.33. The second kappa shape index (κ2) is 8.71. The smallest absolute Gasteiger partial charge is 0.227 e. The van der Waals surface area contributed by atoms with Crippen molar-refractivity contribution in [2.45, 2.75) is 26.2 Å². The van der Waals surface area contributed by atoms with Gasteiger partial charge in [-0.15, -0.1) is 0 Å². The minimum absolute atomic E-state index is 0.00382. The molecule has 0 aliphatic carbocycles. The maximum atomic E-state index is 12.5. The summed E-state index contributed by atoms with van der Waals surface area (Å²) in [6, 6.07) is 15.8. The molecule has 0 saturated carbocycles. The number of ether oxygens (including phenoxy) is 1. The topological polar surface area (TPSA) is 58.6 Å². The highest BCUT2D eigenvalue weighted by Gasteiger charge is 2.34. The van der Waals surface area contributed by atoms with Crippen LogP contribution in [0.25, 0.3) is 0 Å². The normalized spacial score (nSPS) is 16.4. The van der Waals surface area contributed by atoms with Gasteiger partial charge in [-0.2, -0.15) is 0 Å². The lowest BCUT2D eigenvalue weighted by atomic mass is 10.1. The first-order valence-electron chi connectivity index (χ1n) is 9.41. The van der Waals surface area contributed by atoms with Crippen LogP contribution in [0.4, 0.5) is 5.69 Å². The lowest BCUT2D eigenvalue weighted by Gasteiger charge is -2.17. The van der Waals surface area contributed by atoms with Crippen LogP contribution >= 0.6 is 0 Å². The third-order valence-electron chi connectivity index (χ3n) is 5.04. The highest BCUT2D eigenvalue weighted by Crippen LogP contribution is 2.25. The minimum atomic E-state index is -0.305. The van der Waals surface area contributed by atoms with Gasteiger partial charge in [0.2, 0.25) is 11.8 Å². The summed E-state index contributed by atoms with van der Waals surface area (Å²) in [6.07, 6.45) is 1.92. The Morgan fingerprint density at radius 2 is 1.93 bits per heavy atom. The van der Waals surface area contributed by atoms with E-state index >= 15 is 0 Å². The summed E-state index contributed by atoms with van der Waals surface area (Å²) in [5.41, 5.74) is 3.15. The quantitative estimate of drug-likeness (QED) is 0.820. The summed E-state index contributed by atoms with van der Waals surface area (Å²) in [4.78, 5) is 26.6. The molecule has 1 atom stereocenters. The minimum Gasteiger partial charge on any atom is -0.496 e. The zero-order chi connectivity index (χ0) is 19.2. The van der Waals surface area contributed by atoms with Crippen LogP contribution in [0.1, 0.15) is 24.5 Å². The Morgan fingerprint density at radius 3 is 2.63 bits per heavy atom. The number of hydrogen-bond donors (Lipinski definition) is 1. The standard InChI is InChI=1S/C22H26N2O3/c1-3-16-8-10-19(11-9-16)24-15-18(14-21(24)25)22(26)23-13-12-17-6-4-5-7-20(17)27-2/h4-11,18H,3,12-15H2,1-2H3,(H,23,26). The molecule has 1 aliphatic heterocycles. The zero-order valence-electron chi connectivity index (χ0n) is 15.9. The first-order chi connectivity index (χ1) is 13.1. The van der Waals surface area contributed by atoms with Gasteiger partial charge in [-0.05, 0) is 42.2 Å².